The highest BCUT2D eigenvalue weighted by Crippen LogP contribution is 2.13. The molecule has 1 aliphatic rings. The highest BCUT2D eigenvalue weighted by molar-refractivity contribution is 5.94. The maximum absolute atomic E-state index is 12.2. The van der Waals surface area contributed by atoms with Crippen molar-refractivity contribution in [3.05, 3.63) is 23.9 Å². The number of carboxylic acid groups (broad SMARTS) is 1. The molecular weight excluding hydrogens is 262 g/mol. The topological polar surface area (TPSA) is 91.8 Å². The van der Waals surface area contributed by atoms with Crippen LogP contribution in [0.3, 0.4) is 0 Å². The van der Waals surface area contributed by atoms with Gasteiger partial charge in [0.2, 0.25) is 5.91 Å². The quantitative estimate of drug-likeness (QED) is 0.831. The smallest absolute Gasteiger partial charge is 0.339 e. The number of aromatic nitrogens is 1. The van der Waals surface area contributed by atoms with Crippen LogP contribution in [0.15, 0.2) is 18.3 Å². The molecule has 1 aromatic heterocycles. The molecule has 20 heavy (non-hydrogen) atoms. The Balaban J connectivity index is 2.05. The van der Waals surface area contributed by atoms with Crippen LogP contribution in [-0.2, 0) is 9.53 Å². The van der Waals surface area contributed by atoms with Gasteiger partial charge in [0.15, 0.2) is 0 Å². The van der Waals surface area contributed by atoms with E-state index in [1.54, 1.807) is 17.9 Å². The molecule has 1 saturated heterocycles. The van der Waals surface area contributed by atoms with E-state index in [0.29, 0.717) is 26.3 Å². The second kappa shape index (κ2) is 6.33. The fraction of sp³-hybridized carbons (Fsp3) is 0.462. The van der Waals surface area contributed by atoms with E-state index in [9.17, 15) is 9.59 Å². The summed E-state index contributed by atoms with van der Waals surface area (Å²) in [5.41, 5.74) is 0.0501. The van der Waals surface area contributed by atoms with E-state index < -0.39 is 12.0 Å². The van der Waals surface area contributed by atoms with E-state index in [1.165, 1.54) is 12.3 Å². The summed E-state index contributed by atoms with van der Waals surface area (Å²) < 4.78 is 5.19. The zero-order valence-electron chi connectivity index (χ0n) is 11.2. The van der Waals surface area contributed by atoms with Gasteiger partial charge in [0, 0.05) is 19.3 Å². The molecule has 1 aromatic rings. The predicted octanol–water partition coefficient (Wildman–Crippen LogP) is 0.439. The van der Waals surface area contributed by atoms with E-state index in [-0.39, 0.29) is 17.3 Å². The Hall–Kier alpha value is -2.15. The van der Waals surface area contributed by atoms with Gasteiger partial charge in [0.25, 0.3) is 0 Å². The number of nitrogens with zero attached hydrogens (tertiary/aromatic N) is 2. The summed E-state index contributed by atoms with van der Waals surface area (Å²) in [6.07, 6.45) is 1.49. The van der Waals surface area contributed by atoms with Crippen LogP contribution in [0.25, 0.3) is 0 Å². The van der Waals surface area contributed by atoms with E-state index in [2.05, 4.69) is 10.3 Å². The van der Waals surface area contributed by atoms with Crippen LogP contribution < -0.4 is 5.32 Å². The minimum absolute atomic E-state index is 0.0501. The van der Waals surface area contributed by atoms with Crippen LogP contribution in [0.2, 0.25) is 0 Å². The van der Waals surface area contributed by atoms with Gasteiger partial charge >= 0.3 is 5.97 Å². The SMILES string of the molecule is CC(Nc1ncccc1C(=O)O)C(=O)N1CCOCC1. The first-order chi connectivity index (χ1) is 9.59. The number of morpholine rings is 1. The predicted molar refractivity (Wildman–Crippen MR) is 71.7 cm³/mol. The number of aromatic carboxylic acids is 1. The zero-order valence-corrected chi connectivity index (χ0v) is 11.2. The molecule has 2 heterocycles. The summed E-state index contributed by atoms with van der Waals surface area (Å²) in [5, 5.41) is 11.9. The molecule has 1 fully saturated rings. The first-order valence-corrected chi connectivity index (χ1v) is 6.41. The first kappa shape index (κ1) is 14.3. The van der Waals surface area contributed by atoms with Crippen molar-refractivity contribution in [1.82, 2.24) is 9.88 Å². The third-order valence-corrected chi connectivity index (χ3v) is 3.08. The molecule has 0 aromatic carbocycles. The molecule has 1 amide bonds. The second-order valence-electron chi connectivity index (χ2n) is 4.51. The standard InChI is InChI=1S/C13H17N3O4/c1-9(12(17)16-5-7-20-8-6-16)15-11-10(13(18)19)3-2-4-14-11/h2-4,9H,5-8H2,1H3,(H,14,15)(H,18,19). The van der Waals surface area contributed by atoms with Gasteiger partial charge in [-0.15, -0.1) is 0 Å². The number of carbonyl (C=O) groups excluding carboxylic acids is 1. The molecule has 1 unspecified atom stereocenters. The maximum atomic E-state index is 12.2. The lowest BCUT2D eigenvalue weighted by atomic mass is 10.2. The van der Waals surface area contributed by atoms with Crippen LogP contribution in [0.5, 0.6) is 0 Å². The number of carbonyl (C=O) groups is 2. The number of nitrogens with one attached hydrogen (secondary N) is 1. The molecule has 7 heteroatoms. The Bertz CT molecular complexity index is 500. The van der Waals surface area contributed by atoms with Gasteiger partial charge in [-0.25, -0.2) is 9.78 Å². The van der Waals surface area contributed by atoms with Crippen molar-refractivity contribution in [1.29, 1.82) is 0 Å². The monoisotopic (exact) mass is 279 g/mol. The van der Waals surface area contributed by atoms with Crippen molar-refractivity contribution < 1.29 is 19.4 Å². The Kier molecular flexibility index (Phi) is 4.52. The van der Waals surface area contributed by atoms with E-state index in [4.69, 9.17) is 9.84 Å². The minimum Gasteiger partial charge on any atom is -0.478 e. The molecule has 2 N–H and O–H groups in total. The molecule has 108 valence electrons. The minimum atomic E-state index is -1.08. The van der Waals surface area contributed by atoms with Crippen molar-refractivity contribution in [3.63, 3.8) is 0 Å². The molecule has 0 saturated carbocycles. The Morgan fingerprint density at radius 2 is 2.15 bits per heavy atom. The molecule has 1 atom stereocenters. The van der Waals surface area contributed by atoms with Crippen molar-refractivity contribution in [2.75, 3.05) is 31.6 Å². The Labute approximate surface area is 116 Å². The third kappa shape index (κ3) is 3.24. The van der Waals surface area contributed by atoms with Crippen molar-refractivity contribution in [3.8, 4) is 0 Å². The van der Waals surface area contributed by atoms with Crippen LogP contribution in [0.1, 0.15) is 17.3 Å². The van der Waals surface area contributed by atoms with Crippen molar-refractivity contribution in [2.24, 2.45) is 0 Å². The van der Waals surface area contributed by atoms with Crippen molar-refractivity contribution >= 4 is 17.7 Å². The second-order valence-corrected chi connectivity index (χ2v) is 4.51. The lowest BCUT2D eigenvalue weighted by Crippen LogP contribution is -2.47. The summed E-state index contributed by atoms with van der Waals surface area (Å²) in [6, 6.07) is 2.45. The molecule has 0 spiro atoms. The molecule has 2 rings (SSSR count). The lowest BCUT2D eigenvalue weighted by Gasteiger charge is -2.29. The third-order valence-electron chi connectivity index (χ3n) is 3.08. The highest BCUT2D eigenvalue weighted by atomic mass is 16.5. The summed E-state index contributed by atoms with van der Waals surface area (Å²) >= 11 is 0. The number of carboxylic acids is 1. The first-order valence-electron chi connectivity index (χ1n) is 6.41. The van der Waals surface area contributed by atoms with Gasteiger partial charge in [0.1, 0.15) is 17.4 Å². The zero-order chi connectivity index (χ0) is 14.5. The van der Waals surface area contributed by atoms with Gasteiger partial charge in [0.05, 0.1) is 13.2 Å². The average Bonchev–Trinajstić information content (AvgIpc) is 2.47. The van der Waals surface area contributed by atoms with Crippen LogP contribution in [0.4, 0.5) is 5.82 Å². The molecule has 0 radical (unpaired) electrons. The summed E-state index contributed by atoms with van der Waals surface area (Å²) in [6.45, 7) is 3.86. The van der Waals surface area contributed by atoms with Gasteiger partial charge in [-0.2, -0.15) is 0 Å². The van der Waals surface area contributed by atoms with E-state index in [1.807, 2.05) is 0 Å². The largest absolute Gasteiger partial charge is 0.478 e. The van der Waals surface area contributed by atoms with Gasteiger partial charge in [-0.05, 0) is 19.1 Å². The van der Waals surface area contributed by atoms with Crippen LogP contribution in [0, 0.1) is 0 Å². The summed E-state index contributed by atoms with van der Waals surface area (Å²) in [5.74, 6) is -0.962. The fourth-order valence-corrected chi connectivity index (χ4v) is 2.02. The summed E-state index contributed by atoms with van der Waals surface area (Å²) in [7, 11) is 0. The number of ether oxygens (including phenoxy) is 1. The Morgan fingerprint density at radius 1 is 1.45 bits per heavy atom. The van der Waals surface area contributed by atoms with E-state index in [0.717, 1.165) is 0 Å². The number of hydrogen-bond donors (Lipinski definition) is 2. The number of pyridine rings is 1. The number of anilines is 1. The normalized spacial score (nSPS) is 16.6. The van der Waals surface area contributed by atoms with Gasteiger partial charge in [-0.1, -0.05) is 0 Å². The molecule has 0 aliphatic carbocycles. The molecule has 7 nitrogen and oxygen atoms in total. The molecule has 1 aliphatic heterocycles. The average molecular weight is 279 g/mol. The molecular formula is C13H17N3O4. The summed E-state index contributed by atoms with van der Waals surface area (Å²) in [4.78, 5) is 29.0. The highest BCUT2D eigenvalue weighted by Gasteiger charge is 2.23. The number of amides is 1. The van der Waals surface area contributed by atoms with Gasteiger partial charge < -0.3 is 20.1 Å². The number of rotatable bonds is 4. The Morgan fingerprint density at radius 3 is 2.80 bits per heavy atom. The van der Waals surface area contributed by atoms with Crippen molar-refractivity contribution in [2.45, 2.75) is 13.0 Å². The number of hydrogen-bond acceptors (Lipinski definition) is 5. The van der Waals surface area contributed by atoms with Gasteiger partial charge in [-0.3, -0.25) is 4.79 Å². The van der Waals surface area contributed by atoms with Crippen LogP contribution >= 0.6 is 0 Å². The van der Waals surface area contributed by atoms with E-state index >= 15 is 0 Å². The maximum Gasteiger partial charge on any atom is 0.339 e. The fourth-order valence-electron chi connectivity index (χ4n) is 2.02. The lowest BCUT2D eigenvalue weighted by molar-refractivity contribution is -0.135. The molecule has 0 bridgehead atoms. The van der Waals surface area contributed by atoms with Crippen LogP contribution in [-0.4, -0.2) is 59.2 Å².